The monoisotopic (exact) mass is 543 g/mol. The van der Waals surface area contributed by atoms with Crippen LogP contribution in [-0.2, 0) is 4.74 Å². The standard InChI is InChI=1S/C24H27BrFN7O2/c1-24(2,3)35-23(34)32-10-8-31(9-11-32)19-5-4-16(13-18(19)26)29-22-28-14-15-12-17(25)21-27-6-7-33(21)20(15)30-22/h4-5,12-14H,6-11H2,1-3H3,(H,28,29,30). The summed E-state index contributed by atoms with van der Waals surface area (Å²) in [5.74, 6) is 1.69. The molecule has 4 heterocycles. The number of anilines is 4. The van der Waals surface area contributed by atoms with Crippen molar-refractivity contribution < 1.29 is 13.9 Å². The molecule has 35 heavy (non-hydrogen) atoms. The number of piperazine rings is 1. The molecule has 0 atom stereocenters. The maximum atomic E-state index is 15.0. The number of hydrogen-bond donors (Lipinski definition) is 1. The van der Waals surface area contributed by atoms with E-state index in [4.69, 9.17) is 4.74 Å². The molecule has 1 aromatic carbocycles. The second-order valence-corrected chi connectivity index (χ2v) is 10.4. The second kappa shape index (κ2) is 9.10. The minimum Gasteiger partial charge on any atom is -0.444 e. The van der Waals surface area contributed by atoms with Crippen LogP contribution in [0.5, 0.6) is 0 Å². The lowest BCUT2D eigenvalue weighted by atomic mass is 10.2. The summed E-state index contributed by atoms with van der Waals surface area (Å²) < 4.78 is 21.4. The zero-order valence-electron chi connectivity index (χ0n) is 19.9. The van der Waals surface area contributed by atoms with Gasteiger partial charge >= 0.3 is 6.09 Å². The van der Waals surface area contributed by atoms with Crippen molar-refractivity contribution in [3.63, 3.8) is 0 Å². The molecular weight excluding hydrogens is 517 g/mol. The van der Waals surface area contributed by atoms with Gasteiger partial charge in [0, 0.05) is 50.2 Å². The molecule has 184 valence electrons. The summed E-state index contributed by atoms with van der Waals surface area (Å²) in [6.07, 6.45) is 3.37. The van der Waals surface area contributed by atoms with Crippen LogP contribution in [0.15, 0.2) is 33.9 Å². The van der Waals surface area contributed by atoms with Gasteiger partial charge in [-0.25, -0.2) is 14.2 Å². The topological polar surface area (TPSA) is 86.2 Å². The van der Waals surface area contributed by atoms with Crippen LogP contribution >= 0.6 is 15.9 Å². The highest BCUT2D eigenvalue weighted by Crippen LogP contribution is 2.33. The first-order valence-corrected chi connectivity index (χ1v) is 12.3. The molecule has 2 aromatic rings. The maximum absolute atomic E-state index is 15.0. The van der Waals surface area contributed by atoms with E-state index in [0.29, 0.717) is 50.0 Å². The fourth-order valence-electron chi connectivity index (χ4n) is 4.25. The largest absolute Gasteiger partial charge is 0.444 e. The smallest absolute Gasteiger partial charge is 0.410 e. The number of rotatable bonds is 3. The molecule has 0 unspecified atom stereocenters. The molecule has 0 radical (unpaired) electrons. The van der Waals surface area contributed by atoms with Crippen molar-refractivity contribution in [2.45, 2.75) is 26.4 Å². The van der Waals surface area contributed by atoms with Crippen LogP contribution in [0.25, 0.3) is 6.08 Å². The number of halogens is 2. The first-order valence-electron chi connectivity index (χ1n) is 11.5. The fraction of sp³-hybridized carbons (Fsp3) is 0.417. The summed E-state index contributed by atoms with van der Waals surface area (Å²) in [5, 5.41) is 3.11. The van der Waals surface area contributed by atoms with Gasteiger partial charge in [0.1, 0.15) is 23.1 Å². The number of carbonyl (C=O) groups excluding carboxylic acids is 1. The third-order valence-corrected chi connectivity index (χ3v) is 6.45. The van der Waals surface area contributed by atoms with E-state index in [2.05, 4.69) is 36.2 Å². The highest BCUT2D eigenvalue weighted by Gasteiger charge is 2.29. The number of aliphatic imine (C=N–C) groups is 1. The quantitative estimate of drug-likeness (QED) is 0.614. The SMILES string of the molecule is CC(C)(C)OC(=O)N1CCN(c2ccc(Nc3ncc4c(n3)N3CCN=C3C(Br)=C4)cc2F)CC1. The van der Waals surface area contributed by atoms with Crippen molar-refractivity contribution in [2.75, 3.05) is 54.4 Å². The molecule has 1 aromatic heterocycles. The van der Waals surface area contributed by atoms with E-state index in [9.17, 15) is 4.79 Å². The van der Waals surface area contributed by atoms with Crippen LogP contribution in [0, 0.1) is 5.82 Å². The zero-order chi connectivity index (χ0) is 24.7. The van der Waals surface area contributed by atoms with Gasteiger partial charge in [0.25, 0.3) is 0 Å². The van der Waals surface area contributed by atoms with E-state index in [-0.39, 0.29) is 11.9 Å². The van der Waals surface area contributed by atoms with E-state index in [1.165, 1.54) is 6.07 Å². The molecule has 3 aliphatic heterocycles. The molecule has 0 aliphatic carbocycles. The number of ether oxygens (including phenoxy) is 1. The van der Waals surface area contributed by atoms with Gasteiger partial charge in [-0.05, 0) is 61.0 Å². The Labute approximate surface area is 211 Å². The lowest BCUT2D eigenvalue weighted by Gasteiger charge is -2.36. The van der Waals surface area contributed by atoms with Crippen LogP contribution in [0.4, 0.5) is 32.3 Å². The molecule has 3 aliphatic rings. The van der Waals surface area contributed by atoms with Crippen LogP contribution in [0.2, 0.25) is 0 Å². The van der Waals surface area contributed by atoms with Crippen molar-refractivity contribution >= 4 is 57.1 Å². The Morgan fingerprint density at radius 3 is 2.66 bits per heavy atom. The molecule has 0 spiro atoms. The fourth-order valence-corrected chi connectivity index (χ4v) is 4.83. The number of nitrogens with one attached hydrogen (secondary N) is 1. The summed E-state index contributed by atoms with van der Waals surface area (Å²) in [6.45, 7) is 9.00. The Hall–Kier alpha value is -3.21. The Balaban J connectivity index is 1.25. The predicted octanol–water partition coefficient (Wildman–Crippen LogP) is 4.38. The van der Waals surface area contributed by atoms with Crippen LogP contribution in [0.3, 0.4) is 0 Å². The summed E-state index contributed by atoms with van der Waals surface area (Å²) in [4.78, 5) is 31.5. The average Bonchev–Trinajstić information content (AvgIpc) is 3.30. The first kappa shape index (κ1) is 23.5. The van der Waals surface area contributed by atoms with Crippen LogP contribution < -0.4 is 15.1 Å². The number of carbonyl (C=O) groups is 1. The molecule has 5 rings (SSSR count). The van der Waals surface area contributed by atoms with E-state index < -0.39 is 5.60 Å². The number of benzene rings is 1. The molecule has 1 saturated heterocycles. The molecule has 1 N–H and O–H groups in total. The minimum atomic E-state index is -0.539. The lowest BCUT2D eigenvalue weighted by Crippen LogP contribution is -2.50. The molecule has 1 amide bonds. The molecule has 0 bridgehead atoms. The van der Waals surface area contributed by atoms with Gasteiger partial charge in [0.15, 0.2) is 0 Å². The van der Waals surface area contributed by atoms with Gasteiger partial charge in [-0.2, -0.15) is 4.98 Å². The van der Waals surface area contributed by atoms with E-state index >= 15 is 4.39 Å². The Morgan fingerprint density at radius 2 is 1.94 bits per heavy atom. The normalized spacial score (nSPS) is 17.5. The number of aromatic nitrogens is 2. The number of hydrogen-bond acceptors (Lipinski definition) is 8. The minimum absolute atomic E-state index is 0.336. The Kier molecular flexibility index (Phi) is 6.12. The third-order valence-electron chi connectivity index (χ3n) is 5.86. The summed E-state index contributed by atoms with van der Waals surface area (Å²) in [6, 6.07) is 4.99. The zero-order valence-corrected chi connectivity index (χ0v) is 21.5. The van der Waals surface area contributed by atoms with E-state index in [0.717, 1.165) is 28.2 Å². The van der Waals surface area contributed by atoms with Crippen molar-refractivity contribution in [3.05, 3.63) is 40.3 Å². The second-order valence-electron chi connectivity index (χ2n) is 9.57. The van der Waals surface area contributed by atoms with Crippen molar-refractivity contribution in [1.82, 2.24) is 14.9 Å². The average molecular weight is 544 g/mol. The number of amidine groups is 1. The van der Waals surface area contributed by atoms with Gasteiger partial charge in [0.05, 0.1) is 16.7 Å². The Bertz CT molecular complexity index is 1220. The Morgan fingerprint density at radius 1 is 1.17 bits per heavy atom. The van der Waals surface area contributed by atoms with Crippen LogP contribution in [-0.4, -0.2) is 71.7 Å². The number of amides is 1. The van der Waals surface area contributed by atoms with Gasteiger partial charge in [-0.3, -0.25) is 4.99 Å². The molecule has 11 heteroatoms. The number of fused-ring (bicyclic) bond motifs is 3. The molecule has 0 saturated carbocycles. The van der Waals surface area contributed by atoms with Gasteiger partial charge in [-0.1, -0.05) is 0 Å². The summed E-state index contributed by atoms with van der Waals surface area (Å²) in [7, 11) is 0. The van der Waals surface area contributed by atoms with Crippen molar-refractivity contribution in [1.29, 1.82) is 0 Å². The molecule has 1 fully saturated rings. The van der Waals surface area contributed by atoms with Gasteiger partial charge < -0.3 is 24.8 Å². The van der Waals surface area contributed by atoms with Gasteiger partial charge in [-0.15, -0.1) is 0 Å². The molecule has 9 nitrogen and oxygen atoms in total. The van der Waals surface area contributed by atoms with Crippen molar-refractivity contribution in [2.24, 2.45) is 4.99 Å². The highest BCUT2D eigenvalue weighted by molar-refractivity contribution is 9.12. The van der Waals surface area contributed by atoms with Gasteiger partial charge in [0.2, 0.25) is 5.95 Å². The van der Waals surface area contributed by atoms with E-state index in [1.54, 1.807) is 23.2 Å². The predicted molar refractivity (Wildman–Crippen MR) is 138 cm³/mol. The third kappa shape index (κ3) is 4.95. The highest BCUT2D eigenvalue weighted by atomic mass is 79.9. The number of nitrogens with zero attached hydrogens (tertiary/aromatic N) is 6. The first-order chi connectivity index (χ1) is 16.7. The van der Waals surface area contributed by atoms with Crippen LogP contribution in [0.1, 0.15) is 26.3 Å². The summed E-state index contributed by atoms with van der Waals surface area (Å²) >= 11 is 3.55. The lowest BCUT2D eigenvalue weighted by molar-refractivity contribution is 0.0240. The van der Waals surface area contributed by atoms with E-state index in [1.807, 2.05) is 36.6 Å². The molecular formula is C24H27BrFN7O2. The maximum Gasteiger partial charge on any atom is 0.410 e. The summed E-state index contributed by atoms with van der Waals surface area (Å²) in [5.41, 5.74) is 1.42. The van der Waals surface area contributed by atoms with Crippen molar-refractivity contribution in [3.8, 4) is 0 Å².